The Labute approximate surface area is 92.4 Å². The van der Waals surface area contributed by atoms with Gasteiger partial charge in [0.05, 0.1) is 0 Å². The summed E-state index contributed by atoms with van der Waals surface area (Å²) in [5, 5.41) is 8.80. The molecule has 0 aliphatic rings. The van der Waals surface area contributed by atoms with E-state index in [1.807, 2.05) is 6.92 Å². The maximum Gasteiger partial charge on any atom is 0.276 e. The van der Waals surface area contributed by atoms with Crippen molar-refractivity contribution in [3.63, 3.8) is 0 Å². The Morgan fingerprint density at radius 2 is 1.87 bits per heavy atom. The quantitative estimate of drug-likeness (QED) is 0.538. The van der Waals surface area contributed by atoms with E-state index in [1.165, 1.54) is 0 Å². The second-order valence-electron chi connectivity index (χ2n) is 3.52. The lowest BCUT2D eigenvalue weighted by molar-refractivity contribution is 0.251. The molecule has 6 heteroatoms. The van der Waals surface area contributed by atoms with E-state index in [-0.39, 0.29) is 12.5 Å². The molecule has 1 unspecified atom stereocenters. The van der Waals surface area contributed by atoms with E-state index in [9.17, 15) is 8.42 Å². The van der Waals surface area contributed by atoms with Crippen LogP contribution in [-0.2, 0) is 10.2 Å². The van der Waals surface area contributed by atoms with Crippen LogP contribution in [0.15, 0.2) is 0 Å². The Morgan fingerprint density at radius 1 is 1.20 bits per heavy atom. The lowest BCUT2D eigenvalue weighted by Gasteiger charge is -2.15. The maximum absolute atomic E-state index is 11.3. The summed E-state index contributed by atoms with van der Waals surface area (Å²) in [7, 11) is -3.34. The number of aliphatic hydroxyl groups excluding tert-OH is 1. The summed E-state index contributed by atoms with van der Waals surface area (Å²) in [6.45, 7) is 4.66. The molecule has 0 aromatic heterocycles. The summed E-state index contributed by atoms with van der Waals surface area (Å²) in [4.78, 5) is 0. The van der Waals surface area contributed by atoms with E-state index in [2.05, 4.69) is 9.44 Å². The van der Waals surface area contributed by atoms with E-state index < -0.39 is 10.2 Å². The molecule has 92 valence electrons. The van der Waals surface area contributed by atoms with Crippen molar-refractivity contribution in [3.8, 4) is 0 Å². The SMILES string of the molecule is CCCC(CCO)CNS(=O)(=O)NCC. The van der Waals surface area contributed by atoms with Crippen LogP contribution in [-0.4, -0.2) is 33.2 Å². The Hall–Kier alpha value is -0.170. The minimum atomic E-state index is -3.34. The average Bonchev–Trinajstić information content (AvgIpc) is 2.15. The van der Waals surface area contributed by atoms with E-state index in [0.717, 1.165) is 12.8 Å². The van der Waals surface area contributed by atoms with Crippen molar-refractivity contribution in [2.24, 2.45) is 5.92 Å². The predicted molar refractivity (Wildman–Crippen MR) is 60.7 cm³/mol. The molecule has 0 heterocycles. The number of aliphatic hydroxyl groups is 1. The van der Waals surface area contributed by atoms with Crippen molar-refractivity contribution in [2.45, 2.75) is 33.1 Å². The van der Waals surface area contributed by atoms with Gasteiger partial charge in [-0.05, 0) is 18.8 Å². The van der Waals surface area contributed by atoms with Crippen LogP contribution in [0.3, 0.4) is 0 Å². The first kappa shape index (κ1) is 14.8. The molecular formula is C9H22N2O3S. The lowest BCUT2D eigenvalue weighted by Crippen LogP contribution is -2.39. The second kappa shape index (κ2) is 8.04. The molecule has 0 aromatic rings. The topological polar surface area (TPSA) is 78.4 Å². The van der Waals surface area contributed by atoms with Crippen molar-refractivity contribution in [3.05, 3.63) is 0 Å². The normalized spacial score (nSPS) is 14.1. The van der Waals surface area contributed by atoms with Crippen LogP contribution in [0.25, 0.3) is 0 Å². The Bertz CT molecular complexity index is 236. The van der Waals surface area contributed by atoms with Crippen LogP contribution in [0.1, 0.15) is 33.1 Å². The van der Waals surface area contributed by atoms with Crippen LogP contribution in [0, 0.1) is 5.92 Å². The molecule has 0 spiro atoms. The van der Waals surface area contributed by atoms with Gasteiger partial charge < -0.3 is 5.11 Å². The van der Waals surface area contributed by atoms with Gasteiger partial charge in [-0.25, -0.2) is 9.44 Å². The van der Waals surface area contributed by atoms with Crippen LogP contribution < -0.4 is 9.44 Å². The van der Waals surface area contributed by atoms with Gasteiger partial charge in [0.2, 0.25) is 0 Å². The summed E-state index contributed by atoms with van der Waals surface area (Å²) in [5.74, 6) is 0.216. The van der Waals surface area contributed by atoms with Gasteiger partial charge in [-0.1, -0.05) is 20.3 Å². The van der Waals surface area contributed by atoms with Crippen molar-refractivity contribution in [1.29, 1.82) is 0 Å². The Kier molecular flexibility index (Phi) is 7.95. The molecule has 0 saturated carbocycles. The maximum atomic E-state index is 11.3. The zero-order chi connectivity index (χ0) is 11.7. The highest BCUT2D eigenvalue weighted by Crippen LogP contribution is 2.09. The summed E-state index contributed by atoms with van der Waals surface area (Å²) in [6.07, 6.45) is 2.56. The third-order valence-corrected chi connectivity index (χ3v) is 3.35. The molecule has 3 N–H and O–H groups in total. The highest BCUT2D eigenvalue weighted by Gasteiger charge is 2.12. The average molecular weight is 238 g/mol. The molecule has 0 aromatic carbocycles. The van der Waals surface area contributed by atoms with Gasteiger partial charge in [0.1, 0.15) is 0 Å². The molecule has 1 atom stereocenters. The molecule has 0 aliphatic heterocycles. The molecule has 0 radical (unpaired) electrons. The molecule has 15 heavy (non-hydrogen) atoms. The fourth-order valence-corrected chi connectivity index (χ4v) is 2.35. The number of hydrogen-bond acceptors (Lipinski definition) is 3. The first-order chi connectivity index (χ1) is 7.05. The van der Waals surface area contributed by atoms with E-state index in [4.69, 9.17) is 5.11 Å². The van der Waals surface area contributed by atoms with E-state index >= 15 is 0 Å². The molecule has 0 amide bonds. The third kappa shape index (κ3) is 7.72. The summed E-state index contributed by atoms with van der Waals surface area (Å²) < 4.78 is 27.4. The Balaban J connectivity index is 3.97. The summed E-state index contributed by atoms with van der Waals surface area (Å²) >= 11 is 0. The van der Waals surface area contributed by atoms with Gasteiger partial charge in [0.25, 0.3) is 10.2 Å². The molecule has 0 rings (SSSR count). The van der Waals surface area contributed by atoms with Crippen molar-refractivity contribution in [2.75, 3.05) is 19.7 Å². The van der Waals surface area contributed by atoms with Crippen LogP contribution >= 0.6 is 0 Å². The van der Waals surface area contributed by atoms with Crippen molar-refractivity contribution >= 4 is 10.2 Å². The molecule has 5 nitrogen and oxygen atoms in total. The predicted octanol–water partition coefficient (Wildman–Crippen LogP) is 0.229. The van der Waals surface area contributed by atoms with Gasteiger partial charge in [-0.3, -0.25) is 0 Å². The fraction of sp³-hybridized carbons (Fsp3) is 1.00. The van der Waals surface area contributed by atoms with E-state index in [1.54, 1.807) is 6.92 Å². The number of nitrogens with one attached hydrogen (secondary N) is 2. The Morgan fingerprint density at radius 3 is 2.33 bits per heavy atom. The standard InChI is InChI=1S/C9H22N2O3S/c1-3-5-9(6-7-12)8-11-15(13,14)10-4-2/h9-12H,3-8H2,1-2H3. The zero-order valence-corrected chi connectivity index (χ0v) is 10.3. The number of hydrogen-bond donors (Lipinski definition) is 3. The van der Waals surface area contributed by atoms with Crippen molar-refractivity contribution < 1.29 is 13.5 Å². The van der Waals surface area contributed by atoms with Gasteiger partial charge in [0.15, 0.2) is 0 Å². The minimum Gasteiger partial charge on any atom is -0.396 e. The smallest absolute Gasteiger partial charge is 0.276 e. The van der Waals surface area contributed by atoms with Gasteiger partial charge >= 0.3 is 0 Å². The van der Waals surface area contributed by atoms with Gasteiger partial charge in [-0.2, -0.15) is 8.42 Å². The first-order valence-electron chi connectivity index (χ1n) is 5.40. The molecule has 0 bridgehead atoms. The van der Waals surface area contributed by atoms with E-state index in [0.29, 0.717) is 19.5 Å². The number of rotatable bonds is 9. The fourth-order valence-electron chi connectivity index (χ4n) is 1.41. The monoisotopic (exact) mass is 238 g/mol. The van der Waals surface area contributed by atoms with Crippen molar-refractivity contribution in [1.82, 2.24) is 9.44 Å². The largest absolute Gasteiger partial charge is 0.396 e. The molecule has 0 aliphatic carbocycles. The highest BCUT2D eigenvalue weighted by atomic mass is 32.2. The minimum absolute atomic E-state index is 0.105. The van der Waals surface area contributed by atoms with Crippen LogP contribution in [0.4, 0.5) is 0 Å². The van der Waals surface area contributed by atoms with Crippen LogP contribution in [0.2, 0.25) is 0 Å². The van der Waals surface area contributed by atoms with Crippen LogP contribution in [0.5, 0.6) is 0 Å². The zero-order valence-electron chi connectivity index (χ0n) is 9.49. The van der Waals surface area contributed by atoms with Gasteiger partial charge in [-0.15, -0.1) is 0 Å². The summed E-state index contributed by atoms with van der Waals surface area (Å²) in [6, 6.07) is 0. The second-order valence-corrected chi connectivity index (χ2v) is 5.10. The third-order valence-electron chi connectivity index (χ3n) is 2.13. The molecular weight excluding hydrogens is 216 g/mol. The highest BCUT2D eigenvalue weighted by molar-refractivity contribution is 7.87. The lowest BCUT2D eigenvalue weighted by atomic mass is 10.0. The summed E-state index contributed by atoms with van der Waals surface area (Å²) in [5.41, 5.74) is 0. The molecule has 0 fully saturated rings. The molecule has 0 saturated heterocycles. The van der Waals surface area contributed by atoms with Gasteiger partial charge in [0, 0.05) is 19.7 Å². The first-order valence-corrected chi connectivity index (χ1v) is 6.89.